The number of fused-ring (bicyclic) bond motifs is 4. The number of anilines is 3. The molecule has 0 N–H and O–H groups in total. The van der Waals surface area contributed by atoms with E-state index in [-0.39, 0.29) is 21.5 Å². The molecule has 0 atom stereocenters. The van der Waals surface area contributed by atoms with Crippen molar-refractivity contribution in [1.82, 2.24) is 19.0 Å². The van der Waals surface area contributed by atoms with E-state index in [4.69, 9.17) is 8.83 Å². The van der Waals surface area contributed by atoms with Crippen LogP contribution < -0.4 is 53.6 Å². The minimum absolute atomic E-state index is 0. The molecule has 1 aliphatic rings. The third-order valence-corrected chi connectivity index (χ3v) is 16.5. The van der Waals surface area contributed by atoms with Crippen LogP contribution in [0.2, 0.25) is 0 Å². The molecule has 28 heteroatoms. The topological polar surface area (TPSA) is 52.4 Å². The smallest absolute Gasteiger partial charge is 0.762 e. The number of nitrogens with zero attached hydrogens (tertiary/aromatic N) is 8. The number of thioether (sulfide) groups is 2. The molecule has 4 heterocycles. The summed E-state index contributed by atoms with van der Waals surface area (Å²) >= 11 is 5.61. The van der Waals surface area contributed by atoms with Crippen LogP contribution >= 0.6 is 34.9 Å². The third-order valence-electron chi connectivity index (χ3n) is 12.9. The summed E-state index contributed by atoms with van der Waals surface area (Å²) < 4.78 is 109. The predicted molar refractivity (Wildman–Crippen MR) is 345 cm³/mol. The van der Waals surface area contributed by atoms with Crippen LogP contribution in [0, 0.1) is 6.92 Å². The van der Waals surface area contributed by atoms with Crippen molar-refractivity contribution in [3.05, 3.63) is 124 Å². The molecule has 8 rings (SSSR count). The van der Waals surface area contributed by atoms with Crippen LogP contribution in [-0.2, 0) is 7.05 Å². The molecule has 3 aromatic heterocycles. The van der Waals surface area contributed by atoms with Gasteiger partial charge in [0.15, 0.2) is 0 Å². The van der Waals surface area contributed by atoms with Gasteiger partial charge in [0.05, 0.1) is 22.8 Å². The first-order valence-corrected chi connectivity index (χ1v) is 30.0. The number of halogens is 12. The highest BCUT2D eigenvalue weighted by Crippen LogP contribution is 2.45. The second-order valence-electron chi connectivity index (χ2n) is 19.4. The van der Waals surface area contributed by atoms with E-state index in [2.05, 4.69) is 239 Å². The Morgan fingerprint density at radius 1 is 0.621 bits per heavy atom. The summed E-state index contributed by atoms with van der Waals surface area (Å²) in [5.41, 5.74) is 11.2. The van der Waals surface area contributed by atoms with Crippen LogP contribution in [0.4, 0.5) is 55.9 Å². The molecule has 0 spiro atoms. The number of rotatable bonds is 17. The minimum Gasteiger partial charge on any atom is -1.00 e. The largest absolute Gasteiger partial charge is 1.00 e. The summed E-state index contributed by atoms with van der Waals surface area (Å²) in [6, 6.07) is 34.6. The lowest BCUT2D eigenvalue weighted by Gasteiger charge is -2.21. The Hall–Kier alpha value is -5.70. The van der Waals surface area contributed by atoms with Crippen molar-refractivity contribution in [2.45, 2.75) is 71.0 Å². The van der Waals surface area contributed by atoms with Gasteiger partial charge in [0.2, 0.25) is 5.52 Å². The molecule has 4 aromatic carbocycles. The fourth-order valence-corrected chi connectivity index (χ4v) is 12.1. The van der Waals surface area contributed by atoms with Crippen LogP contribution in [0.1, 0.15) is 66.0 Å². The van der Waals surface area contributed by atoms with Gasteiger partial charge in [-0.05, 0) is 134 Å². The molecule has 0 aliphatic carbocycles. The molecule has 1 aliphatic heterocycles. The standard InChI is InChI=1S/C28H37N4OS.C20H32N3O.C10H12NS2.CH4.3BF3.3FH/c1-7-32(8-2)22-14-15-23-21(19-28-31(6)24-12-9-10-13-26(24)34-28)18-27(33-25(23)20-22)30(5)17-11-16-29(3)4;1-7-23(8-2)17-10-11-18-16(3)14-20(24-19(18)15-17)22(6)13-9-12-21(4)5;1-3-12-10-11(2)8-6-4-5-7-9(8)13-10;;3*2-1(3)4;;;/h9-10,12-15,18-20H,7-8,11,16-17H2,1-6H3;10-11,14-15H,7-9,12-13H2,1-6H3;4-7H,3H2,1-2H3;1H4;;;;3*1H/q3*+1;;;;;;;/p-3. The van der Waals surface area contributed by atoms with Gasteiger partial charge in [-0.1, -0.05) is 61.7 Å². The number of para-hydroxylation sites is 2. The highest BCUT2D eigenvalue weighted by Gasteiger charge is 2.23. The Balaban J connectivity index is 0. The molecule has 0 bridgehead atoms. The summed E-state index contributed by atoms with van der Waals surface area (Å²) in [7, 11) is 5.97. The predicted octanol–water partition coefficient (Wildman–Crippen LogP) is 5.24. The molecular weight excluding hydrogens is 1210 g/mol. The summed E-state index contributed by atoms with van der Waals surface area (Å²) in [5, 5.41) is 3.55. The van der Waals surface area contributed by atoms with Crippen LogP contribution in [0.5, 0.6) is 0 Å². The fraction of sp³-hybridized carbons (Fsp3) is 0.441. The van der Waals surface area contributed by atoms with E-state index in [0.29, 0.717) is 0 Å². The van der Waals surface area contributed by atoms with Gasteiger partial charge in [-0.2, -0.15) is 4.57 Å². The average molecular weight is 1290 g/mol. The number of thiazole rings is 1. The van der Waals surface area contributed by atoms with Crippen molar-refractivity contribution in [2.75, 3.05) is 122 Å². The van der Waals surface area contributed by atoms with Crippen molar-refractivity contribution < 1.29 is 66.4 Å². The van der Waals surface area contributed by atoms with Gasteiger partial charge >= 0.3 is 33.7 Å². The Labute approximate surface area is 520 Å². The Morgan fingerprint density at radius 2 is 1.06 bits per heavy atom. The molecule has 10 nitrogen and oxygen atoms in total. The van der Waals surface area contributed by atoms with E-state index in [0.717, 1.165) is 98.6 Å². The lowest BCUT2D eigenvalue weighted by molar-refractivity contribution is -0.676. The van der Waals surface area contributed by atoms with Crippen molar-refractivity contribution in [2.24, 2.45) is 7.05 Å². The maximum atomic E-state index is 9.67. The number of hydrogen-bond acceptors (Lipinski definition) is 10. The molecule has 0 unspecified atom stereocenters. The summed E-state index contributed by atoms with van der Waals surface area (Å²) in [4.78, 5) is 12.7. The number of benzene rings is 4. The fourth-order valence-electron chi connectivity index (χ4n) is 8.76. The Kier molecular flexibility index (Phi) is 41.3. The first-order valence-electron chi connectivity index (χ1n) is 27.4. The van der Waals surface area contributed by atoms with Gasteiger partial charge in [-0.25, -0.2) is 9.15 Å². The second-order valence-corrected chi connectivity index (χ2v) is 23.0. The van der Waals surface area contributed by atoms with Crippen molar-refractivity contribution in [1.29, 1.82) is 0 Å². The number of hydrogen-bond donors (Lipinski definition) is 0. The maximum absolute atomic E-state index is 9.67. The molecule has 0 saturated carbocycles. The van der Waals surface area contributed by atoms with E-state index >= 15 is 0 Å². The number of aromatic nitrogens is 1. The molecule has 484 valence electrons. The van der Waals surface area contributed by atoms with Gasteiger partial charge in [-0.3, -0.25) is 38.8 Å². The van der Waals surface area contributed by atoms with Crippen molar-refractivity contribution >= 4 is 113 Å². The third kappa shape index (κ3) is 27.7. The van der Waals surface area contributed by atoms with E-state index in [1.807, 2.05) is 34.9 Å². The van der Waals surface area contributed by atoms with Gasteiger partial charge in [0, 0.05) is 110 Å². The van der Waals surface area contributed by atoms with Crippen LogP contribution in [-0.4, -0.2) is 140 Å². The minimum atomic E-state index is -3.67. The SMILES string of the molecule is C.CCN(CC)c1ccc2c(/C=C3\Sc4ccccc4N3C)cc(=[N+](C)CCCN(C)C)oc2c1.CCN(CC)c1ccc2c(C)cc(=[N+](C)CCCN(C)C)oc2c1.CCSc1sc2ccccc2[n+]1C.FB(F)F.FB(F)F.FB(F)F.[F-].[F-].[F-]. The Morgan fingerprint density at radius 3 is 1.51 bits per heavy atom. The lowest BCUT2D eigenvalue weighted by atomic mass is 10.1. The quantitative estimate of drug-likeness (QED) is 0.0529. The molecule has 0 saturated heterocycles. The molecular formula is C59H85B3F12N8O2S3. The number of aryl methyl sites for hydroxylation is 2. The lowest BCUT2D eigenvalue weighted by Crippen LogP contribution is -3.00. The van der Waals surface area contributed by atoms with Gasteiger partial charge < -0.3 is 47.4 Å². The maximum Gasteiger partial charge on any atom is 0.762 e. The zero-order chi connectivity index (χ0) is 61.9. The highest BCUT2D eigenvalue weighted by atomic mass is 32.2. The van der Waals surface area contributed by atoms with Gasteiger partial charge in [0.1, 0.15) is 50.1 Å². The van der Waals surface area contributed by atoms with E-state index in [9.17, 15) is 38.8 Å². The molecule has 7 aromatic rings. The van der Waals surface area contributed by atoms with E-state index in [1.165, 1.54) is 58.1 Å². The molecule has 87 heavy (non-hydrogen) atoms. The van der Waals surface area contributed by atoms with Gasteiger partial charge in [-0.15, -0.1) is 0 Å². The normalized spacial score (nSPS) is 12.1. The van der Waals surface area contributed by atoms with Gasteiger partial charge in [0.25, 0.3) is 4.34 Å². The molecule has 0 fully saturated rings. The molecule has 0 amide bonds. The van der Waals surface area contributed by atoms with Crippen LogP contribution in [0.25, 0.3) is 38.2 Å². The highest BCUT2D eigenvalue weighted by molar-refractivity contribution is 8.04. The Bertz CT molecular complexity index is 3240. The first kappa shape index (κ1) is 83.4. The monoisotopic (exact) mass is 1290 g/mol. The second kappa shape index (κ2) is 43.1. The molecule has 0 radical (unpaired) electrons. The zero-order valence-electron chi connectivity index (χ0n) is 51.5. The summed E-state index contributed by atoms with van der Waals surface area (Å²) in [6.07, 6.45) is 4.51. The first-order chi connectivity index (χ1) is 39.4. The zero-order valence-corrected chi connectivity index (χ0v) is 53.9. The average Bonchev–Trinajstić information content (AvgIpc) is 1.75. The summed E-state index contributed by atoms with van der Waals surface area (Å²) in [5.74, 6) is 1.14. The van der Waals surface area contributed by atoms with Crippen molar-refractivity contribution in [3.63, 3.8) is 0 Å². The van der Waals surface area contributed by atoms with Crippen LogP contribution in [0.15, 0.2) is 120 Å². The van der Waals surface area contributed by atoms with Crippen LogP contribution in [0.3, 0.4) is 0 Å². The van der Waals surface area contributed by atoms with E-state index < -0.39 is 22.6 Å². The summed E-state index contributed by atoms with van der Waals surface area (Å²) in [6.45, 7) is 21.1. The van der Waals surface area contributed by atoms with Crippen molar-refractivity contribution in [3.8, 4) is 0 Å². The van der Waals surface area contributed by atoms with E-state index in [1.54, 1.807) is 0 Å².